The van der Waals surface area contributed by atoms with Crippen molar-refractivity contribution in [3.05, 3.63) is 12.1 Å². The topological polar surface area (TPSA) is 154 Å². The maximum Gasteiger partial charge on any atom is 0.501 e. The molecule has 1 aromatic carbocycles. The van der Waals surface area contributed by atoms with E-state index in [2.05, 4.69) is 4.18 Å². The number of anilines is 2. The van der Waals surface area contributed by atoms with Gasteiger partial charge in [-0.3, -0.25) is 0 Å². The Hall–Kier alpha value is -1.75. The standard InChI is InChI=1S/C10H14N2O6S.H2O/c11-7-1-2-8(12(3-5-13)4-6-14)10-9(7)17-19(15,16)18-10;/h1-2,13-14H,3-6,11H2;1H2. The first kappa shape index (κ1) is 16.3. The predicted molar refractivity (Wildman–Crippen MR) is 71.0 cm³/mol. The van der Waals surface area contributed by atoms with Crippen LogP contribution in [0.1, 0.15) is 0 Å². The van der Waals surface area contributed by atoms with Crippen molar-refractivity contribution in [2.24, 2.45) is 0 Å². The number of hydrogen-bond acceptors (Lipinski definition) is 8. The first-order valence-electron chi connectivity index (χ1n) is 5.51. The van der Waals surface area contributed by atoms with Gasteiger partial charge in [0.05, 0.1) is 24.6 Å². The molecule has 0 amide bonds. The third-order valence-corrected chi connectivity index (χ3v) is 3.31. The van der Waals surface area contributed by atoms with Crippen LogP contribution in [-0.4, -0.2) is 50.4 Å². The van der Waals surface area contributed by atoms with Crippen LogP contribution < -0.4 is 19.0 Å². The number of hydrogen-bond donors (Lipinski definition) is 3. The Morgan fingerprint density at radius 1 is 1.10 bits per heavy atom. The first-order valence-corrected chi connectivity index (χ1v) is 6.85. The summed E-state index contributed by atoms with van der Waals surface area (Å²) in [6.07, 6.45) is 0. The summed E-state index contributed by atoms with van der Waals surface area (Å²) in [6.45, 7) is 0.0974. The Bertz CT molecular complexity index is 569. The molecule has 1 aromatic rings. The Morgan fingerprint density at radius 2 is 1.65 bits per heavy atom. The third-order valence-electron chi connectivity index (χ3n) is 2.57. The van der Waals surface area contributed by atoms with Gasteiger partial charge in [0, 0.05) is 13.1 Å². The highest BCUT2D eigenvalue weighted by Gasteiger charge is 2.34. The molecule has 0 atom stereocenters. The predicted octanol–water partition coefficient (Wildman–Crippen LogP) is -1.75. The van der Waals surface area contributed by atoms with Gasteiger partial charge < -0.3 is 34.7 Å². The van der Waals surface area contributed by atoms with Crippen molar-refractivity contribution in [2.75, 3.05) is 36.9 Å². The number of aliphatic hydroxyl groups is 2. The number of rotatable bonds is 5. The molecule has 0 fully saturated rings. The van der Waals surface area contributed by atoms with Gasteiger partial charge >= 0.3 is 10.4 Å². The average Bonchev–Trinajstić information content (AvgIpc) is 2.66. The smallest absolute Gasteiger partial charge is 0.412 e. The highest BCUT2D eigenvalue weighted by Crippen LogP contribution is 2.47. The van der Waals surface area contributed by atoms with E-state index in [1.165, 1.54) is 6.07 Å². The summed E-state index contributed by atoms with van der Waals surface area (Å²) >= 11 is 0. The van der Waals surface area contributed by atoms with Gasteiger partial charge in [-0.2, -0.15) is 0 Å². The molecule has 0 spiro atoms. The molecule has 0 bridgehead atoms. The SMILES string of the molecule is Nc1ccc(N(CCO)CCO)c2c1OS(=O)(=O)O2.O. The second kappa shape index (κ2) is 6.13. The largest absolute Gasteiger partial charge is 0.501 e. The molecule has 0 saturated carbocycles. The Balaban J connectivity index is 0.00000200. The normalized spacial score (nSPS) is 14.7. The number of nitrogen functional groups attached to an aromatic ring is 1. The van der Waals surface area contributed by atoms with E-state index >= 15 is 0 Å². The summed E-state index contributed by atoms with van der Waals surface area (Å²) in [7, 11) is -4.15. The number of nitrogens with two attached hydrogens (primary N) is 1. The van der Waals surface area contributed by atoms with E-state index in [9.17, 15) is 8.42 Å². The fraction of sp³-hybridized carbons (Fsp3) is 0.400. The van der Waals surface area contributed by atoms with E-state index in [0.29, 0.717) is 5.69 Å². The summed E-state index contributed by atoms with van der Waals surface area (Å²) in [5.74, 6) is -0.0970. The van der Waals surface area contributed by atoms with Gasteiger partial charge in [-0.1, -0.05) is 0 Å². The maximum absolute atomic E-state index is 11.3. The lowest BCUT2D eigenvalue weighted by Gasteiger charge is -2.23. The monoisotopic (exact) mass is 308 g/mol. The molecule has 0 saturated heterocycles. The molecule has 1 aliphatic rings. The molecule has 9 nitrogen and oxygen atoms in total. The van der Waals surface area contributed by atoms with E-state index in [4.69, 9.17) is 20.1 Å². The van der Waals surface area contributed by atoms with Gasteiger partial charge in [0.25, 0.3) is 0 Å². The van der Waals surface area contributed by atoms with Crippen molar-refractivity contribution < 1.29 is 32.5 Å². The Kier molecular flexibility index (Phi) is 5.00. The third kappa shape index (κ3) is 3.04. The molecule has 0 aromatic heterocycles. The fourth-order valence-corrected chi connectivity index (χ4v) is 2.57. The van der Waals surface area contributed by atoms with Gasteiger partial charge in [-0.25, -0.2) is 0 Å². The molecular formula is C10H16N2O7S. The second-order valence-corrected chi connectivity index (χ2v) is 4.99. The van der Waals surface area contributed by atoms with Gasteiger partial charge in [0.1, 0.15) is 0 Å². The van der Waals surface area contributed by atoms with Crippen molar-refractivity contribution in [2.45, 2.75) is 0 Å². The quantitative estimate of drug-likeness (QED) is 0.541. The average molecular weight is 308 g/mol. The summed E-state index contributed by atoms with van der Waals surface area (Å²) in [5.41, 5.74) is 6.14. The zero-order chi connectivity index (χ0) is 14.0. The maximum atomic E-state index is 11.3. The van der Waals surface area contributed by atoms with Crippen molar-refractivity contribution in [1.29, 1.82) is 0 Å². The van der Waals surface area contributed by atoms with Crippen LogP contribution in [0.5, 0.6) is 11.5 Å². The second-order valence-electron chi connectivity index (χ2n) is 3.84. The van der Waals surface area contributed by atoms with Crippen LogP contribution in [0.25, 0.3) is 0 Å². The molecule has 114 valence electrons. The van der Waals surface area contributed by atoms with Crippen molar-refractivity contribution in [3.63, 3.8) is 0 Å². The van der Waals surface area contributed by atoms with E-state index < -0.39 is 10.4 Å². The lowest BCUT2D eigenvalue weighted by atomic mass is 10.2. The summed E-state index contributed by atoms with van der Waals surface area (Å²) in [6, 6.07) is 3.02. The van der Waals surface area contributed by atoms with Crippen LogP contribution in [-0.2, 0) is 10.4 Å². The minimum atomic E-state index is -4.15. The molecule has 2 rings (SSSR count). The molecule has 0 radical (unpaired) electrons. The Labute approximate surface area is 115 Å². The van der Waals surface area contributed by atoms with Gasteiger partial charge in [0.2, 0.25) is 11.5 Å². The van der Waals surface area contributed by atoms with E-state index in [1.54, 1.807) is 11.0 Å². The molecule has 0 aliphatic carbocycles. The molecule has 1 aliphatic heterocycles. The van der Waals surface area contributed by atoms with Gasteiger partial charge in [-0.15, -0.1) is 8.42 Å². The van der Waals surface area contributed by atoms with E-state index in [0.717, 1.165) is 0 Å². The lowest BCUT2D eigenvalue weighted by Crippen LogP contribution is -2.29. The number of nitrogens with zero attached hydrogens (tertiary/aromatic N) is 1. The molecule has 1 heterocycles. The molecule has 20 heavy (non-hydrogen) atoms. The van der Waals surface area contributed by atoms with E-state index in [-0.39, 0.29) is 49.0 Å². The van der Waals surface area contributed by atoms with Crippen LogP contribution in [0.15, 0.2) is 12.1 Å². The van der Waals surface area contributed by atoms with Crippen molar-refractivity contribution >= 4 is 21.8 Å². The Morgan fingerprint density at radius 3 is 2.20 bits per heavy atom. The van der Waals surface area contributed by atoms with Crippen LogP contribution in [0.2, 0.25) is 0 Å². The molecule has 6 N–H and O–H groups in total. The van der Waals surface area contributed by atoms with Gasteiger partial charge in [0.15, 0.2) is 0 Å². The molecule has 0 unspecified atom stereocenters. The number of aliphatic hydroxyl groups excluding tert-OH is 2. The highest BCUT2D eigenvalue weighted by molar-refractivity contribution is 7.82. The van der Waals surface area contributed by atoms with Crippen molar-refractivity contribution in [3.8, 4) is 11.5 Å². The first-order chi connectivity index (χ1) is 8.98. The van der Waals surface area contributed by atoms with Crippen molar-refractivity contribution in [1.82, 2.24) is 0 Å². The highest BCUT2D eigenvalue weighted by atomic mass is 32.3. The van der Waals surface area contributed by atoms with Crippen LogP contribution in [0.3, 0.4) is 0 Å². The van der Waals surface area contributed by atoms with Gasteiger partial charge in [-0.05, 0) is 12.1 Å². The summed E-state index contributed by atoms with van der Waals surface area (Å²) in [5, 5.41) is 18.0. The van der Waals surface area contributed by atoms with Crippen LogP contribution in [0, 0.1) is 0 Å². The minimum Gasteiger partial charge on any atom is -0.412 e. The van der Waals surface area contributed by atoms with Crippen LogP contribution in [0.4, 0.5) is 11.4 Å². The summed E-state index contributed by atoms with van der Waals surface area (Å²) in [4.78, 5) is 1.57. The minimum absolute atomic E-state index is 0. The fourth-order valence-electron chi connectivity index (χ4n) is 1.80. The number of fused-ring (bicyclic) bond motifs is 1. The van der Waals surface area contributed by atoms with E-state index in [1.807, 2.05) is 0 Å². The molecule has 10 heteroatoms. The number of benzene rings is 1. The zero-order valence-corrected chi connectivity index (χ0v) is 11.3. The zero-order valence-electron chi connectivity index (χ0n) is 10.4. The lowest BCUT2D eigenvalue weighted by molar-refractivity contribution is 0.281. The summed E-state index contributed by atoms with van der Waals surface area (Å²) < 4.78 is 32.0. The van der Waals surface area contributed by atoms with Crippen LogP contribution >= 0.6 is 0 Å². The molecular weight excluding hydrogens is 292 g/mol.